The zero-order valence-electron chi connectivity index (χ0n) is 15.6. The van der Waals surface area contributed by atoms with Gasteiger partial charge in [-0.05, 0) is 35.7 Å². The molecule has 0 aromatic heterocycles. The van der Waals surface area contributed by atoms with E-state index in [2.05, 4.69) is 41.9 Å². The Kier molecular flexibility index (Phi) is 5.10. The van der Waals surface area contributed by atoms with Gasteiger partial charge in [0.2, 0.25) is 0 Å². The van der Waals surface area contributed by atoms with Crippen molar-refractivity contribution in [3.63, 3.8) is 0 Å². The molecule has 0 radical (unpaired) electrons. The maximum atomic E-state index is 5.55. The lowest BCUT2D eigenvalue weighted by Gasteiger charge is -2.07. The molecule has 28 heavy (non-hydrogen) atoms. The summed E-state index contributed by atoms with van der Waals surface area (Å²) in [6.45, 7) is 0. The first-order valence-electron chi connectivity index (χ1n) is 9.09. The van der Waals surface area contributed by atoms with E-state index in [1.807, 2.05) is 72.8 Å². The molecule has 0 amide bonds. The van der Waals surface area contributed by atoms with Gasteiger partial charge in [-0.15, -0.1) is 0 Å². The van der Waals surface area contributed by atoms with E-state index in [1.165, 1.54) is 0 Å². The van der Waals surface area contributed by atoms with Crippen LogP contribution in [0.4, 0.5) is 0 Å². The van der Waals surface area contributed by atoms with Crippen LogP contribution < -0.4 is 4.74 Å². The first-order chi connectivity index (χ1) is 13.8. The van der Waals surface area contributed by atoms with Crippen LogP contribution in [-0.4, -0.2) is 7.11 Å². The maximum Gasteiger partial charge on any atom is 0.135 e. The number of hydrogen-bond acceptors (Lipinski definition) is 1. The monoisotopic (exact) mass is 358 g/mol. The molecule has 1 nitrogen and oxygen atoms in total. The minimum absolute atomic E-state index is 0.777. The summed E-state index contributed by atoms with van der Waals surface area (Å²) in [5, 5.41) is 2.23. The summed E-state index contributed by atoms with van der Waals surface area (Å²) in [5.41, 5.74) is 3.70. The summed E-state index contributed by atoms with van der Waals surface area (Å²) < 4.78 is 5.55. The normalized spacial score (nSPS) is 9.75. The topological polar surface area (TPSA) is 9.23 Å². The highest BCUT2D eigenvalue weighted by Gasteiger charge is 2.05. The van der Waals surface area contributed by atoms with E-state index in [-0.39, 0.29) is 0 Å². The second-order valence-electron chi connectivity index (χ2n) is 6.28. The summed E-state index contributed by atoms with van der Waals surface area (Å²) in [7, 11) is 1.68. The zero-order chi connectivity index (χ0) is 19.2. The van der Waals surface area contributed by atoms with Crippen LogP contribution in [0.15, 0.2) is 91.0 Å². The van der Waals surface area contributed by atoms with Gasteiger partial charge in [-0.3, -0.25) is 0 Å². The molecule has 4 aromatic rings. The molecule has 0 aliphatic carbocycles. The molecule has 0 aliphatic rings. The lowest BCUT2D eigenvalue weighted by molar-refractivity contribution is 0.414. The van der Waals surface area contributed by atoms with Gasteiger partial charge in [-0.25, -0.2) is 0 Å². The smallest absolute Gasteiger partial charge is 0.135 e. The number of rotatable bonds is 1. The van der Waals surface area contributed by atoms with E-state index in [9.17, 15) is 0 Å². The third kappa shape index (κ3) is 3.75. The van der Waals surface area contributed by atoms with E-state index in [0.29, 0.717) is 0 Å². The molecular weight excluding hydrogens is 340 g/mol. The van der Waals surface area contributed by atoms with Gasteiger partial charge >= 0.3 is 0 Å². The molecule has 4 aromatic carbocycles. The molecule has 0 saturated heterocycles. The molecule has 132 valence electrons. The second-order valence-corrected chi connectivity index (χ2v) is 6.28. The summed E-state index contributed by atoms with van der Waals surface area (Å²) >= 11 is 0. The Bertz CT molecular complexity index is 1250. The Morgan fingerprint density at radius 2 is 1.21 bits per heavy atom. The van der Waals surface area contributed by atoms with Crippen LogP contribution in [0.2, 0.25) is 0 Å². The van der Waals surface area contributed by atoms with Crippen molar-refractivity contribution >= 4 is 10.8 Å². The Balaban J connectivity index is 1.78. The van der Waals surface area contributed by atoms with Crippen molar-refractivity contribution in [3.8, 4) is 29.4 Å². The molecule has 0 spiro atoms. The predicted molar refractivity (Wildman–Crippen MR) is 115 cm³/mol. The van der Waals surface area contributed by atoms with Crippen molar-refractivity contribution in [2.75, 3.05) is 7.11 Å². The van der Waals surface area contributed by atoms with Crippen LogP contribution >= 0.6 is 0 Å². The van der Waals surface area contributed by atoms with Gasteiger partial charge < -0.3 is 4.74 Å². The Morgan fingerprint density at radius 3 is 1.96 bits per heavy atom. The fourth-order valence-electron chi connectivity index (χ4n) is 3.04. The first-order valence-corrected chi connectivity index (χ1v) is 9.09. The van der Waals surface area contributed by atoms with E-state index in [4.69, 9.17) is 4.74 Å². The molecule has 4 rings (SSSR count). The Morgan fingerprint density at radius 1 is 0.571 bits per heavy atom. The lowest BCUT2D eigenvalue weighted by Crippen LogP contribution is -1.90. The van der Waals surface area contributed by atoms with Crippen molar-refractivity contribution in [3.05, 3.63) is 113 Å². The first kappa shape index (κ1) is 17.5. The van der Waals surface area contributed by atoms with Crippen molar-refractivity contribution in [1.82, 2.24) is 0 Å². The van der Waals surface area contributed by atoms with Crippen LogP contribution in [0.1, 0.15) is 22.3 Å². The SMILES string of the molecule is COc1ccc2ccccc2c1C#Cc1ccccc1C#Cc1ccccc1. The van der Waals surface area contributed by atoms with Gasteiger partial charge in [0.05, 0.1) is 12.7 Å². The van der Waals surface area contributed by atoms with E-state index in [0.717, 1.165) is 38.8 Å². The van der Waals surface area contributed by atoms with Crippen LogP contribution in [0.3, 0.4) is 0 Å². The van der Waals surface area contributed by atoms with E-state index >= 15 is 0 Å². The summed E-state index contributed by atoms with van der Waals surface area (Å²) in [5.74, 6) is 13.9. The Labute approximate surface area is 165 Å². The van der Waals surface area contributed by atoms with Gasteiger partial charge in [-0.2, -0.15) is 0 Å². The van der Waals surface area contributed by atoms with Crippen LogP contribution in [0.5, 0.6) is 5.75 Å². The van der Waals surface area contributed by atoms with E-state index < -0.39 is 0 Å². The average molecular weight is 358 g/mol. The summed E-state index contributed by atoms with van der Waals surface area (Å²) in [6, 6.07) is 30.2. The molecule has 0 atom stereocenters. The number of ether oxygens (including phenoxy) is 1. The van der Waals surface area contributed by atoms with Gasteiger partial charge in [-0.1, -0.05) is 84.3 Å². The minimum atomic E-state index is 0.777. The second kappa shape index (κ2) is 8.17. The molecule has 0 fully saturated rings. The molecule has 0 unspecified atom stereocenters. The standard InChI is InChI=1S/C27H18O/c1-28-27-20-18-24-13-7-8-14-25(24)26(27)19-17-23-12-6-5-11-22(23)16-15-21-9-3-2-4-10-21/h2-14,18,20H,1H3. The molecule has 0 aliphatic heterocycles. The predicted octanol–water partition coefficient (Wildman–Crippen LogP) is 5.65. The third-order valence-electron chi connectivity index (χ3n) is 4.48. The Hall–Kier alpha value is -3.94. The van der Waals surface area contributed by atoms with Crippen molar-refractivity contribution < 1.29 is 4.74 Å². The van der Waals surface area contributed by atoms with Gasteiger partial charge in [0, 0.05) is 22.1 Å². The zero-order valence-corrected chi connectivity index (χ0v) is 15.6. The van der Waals surface area contributed by atoms with Crippen LogP contribution in [0.25, 0.3) is 10.8 Å². The minimum Gasteiger partial charge on any atom is -0.495 e. The molecule has 0 saturated carbocycles. The fraction of sp³-hybridized carbons (Fsp3) is 0.0370. The number of fused-ring (bicyclic) bond motifs is 1. The molecule has 0 N–H and O–H groups in total. The van der Waals surface area contributed by atoms with Crippen molar-refractivity contribution in [2.24, 2.45) is 0 Å². The largest absolute Gasteiger partial charge is 0.495 e. The number of methoxy groups -OCH3 is 1. The van der Waals surface area contributed by atoms with E-state index in [1.54, 1.807) is 7.11 Å². The maximum absolute atomic E-state index is 5.55. The highest BCUT2D eigenvalue weighted by atomic mass is 16.5. The average Bonchev–Trinajstić information content (AvgIpc) is 2.77. The van der Waals surface area contributed by atoms with Gasteiger partial charge in [0.1, 0.15) is 5.75 Å². The highest BCUT2D eigenvalue weighted by molar-refractivity contribution is 5.90. The molecular formula is C27H18O. The summed E-state index contributed by atoms with van der Waals surface area (Å²) in [4.78, 5) is 0. The van der Waals surface area contributed by atoms with Gasteiger partial charge in [0.15, 0.2) is 0 Å². The third-order valence-corrected chi connectivity index (χ3v) is 4.48. The lowest BCUT2D eigenvalue weighted by atomic mass is 10.0. The number of hydrogen-bond donors (Lipinski definition) is 0. The molecule has 0 heterocycles. The summed E-state index contributed by atoms with van der Waals surface area (Å²) in [6.07, 6.45) is 0. The van der Waals surface area contributed by atoms with Crippen LogP contribution in [0, 0.1) is 23.7 Å². The highest BCUT2D eigenvalue weighted by Crippen LogP contribution is 2.27. The van der Waals surface area contributed by atoms with Crippen molar-refractivity contribution in [1.29, 1.82) is 0 Å². The van der Waals surface area contributed by atoms with Crippen LogP contribution in [-0.2, 0) is 0 Å². The quantitative estimate of drug-likeness (QED) is 0.400. The molecule has 1 heteroatoms. The van der Waals surface area contributed by atoms with Crippen molar-refractivity contribution in [2.45, 2.75) is 0 Å². The number of benzene rings is 4. The fourth-order valence-corrected chi connectivity index (χ4v) is 3.04. The molecule has 0 bridgehead atoms. The van der Waals surface area contributed by atoms with Gasteiger partial charge in [0.25, 0.3) is 0 Å².